The summed E-state index contributed by atoms with van der Waals surface area (Å²) in [7, 11) is 1.59. The SMILES string of the molecule is CN(C(=O)C=Cc1ccccc1[N+](=O)[O-])C1(C#N)CCC1. The van der Waals surface area contributed by atoms with E-state index < -0.39 is 10.5 Å². The molecule has 108 valence electrons. The number of carbonyl (C=O) groups excluding carboxylic acids is 1. The minimum atomic E-state index is -0.718. The number of benzene rings is 1. The van der Waals surface area contributed by atoms with Gasteiger partial charge in [0, 0.05) is 19.2 Å². The molecule has 0 saturated heterocycles. The Balaban J connectivity index is 2.17. The molecule has 0 spiro atoms. The van der Waals surface area contributed by atoms with Crippen LogP contribution >= 0.6 is 0 Å². The van der Waals surface area contributed by atoms with Crippen LogP contribution in [-0.4, -0.2) is 28.3 Å². The van der Waals surface area contributed by atoms with Crippen molar-refractivity contribution < 1.29 is 9.72 Å². The normalized spacial score (nSPS) is 16.0. The maximum atomic E-state index is 12.1. The van der Waals surface area contributed by atoms with Crippen LogP contribution in [0.25, 0.3) is 6.08 Å². The highest BCUT2D eigenvalue weighted by Gasteiger charge is 2.42. The van der Waals surface area contributed by atoms with E-state index in [9.17, 15) is 20.2 Å². The van der Waals surface area contributed by atoms with Gasteiger partial charge in [-0.3, -0.25) is 14.9 Å². The zero-order valence-corrected chi connectivity index (χ0v) is 11.7. The topological polar surface area (TPSA) is 87.2 Å². The highest BCUT2D eigenvalue weighted by atomic mass is 16.6. The predicted molar refractivity (Wildman–Crippen MR) is 77.1 cm³/mol. The average molecular weight is 285 g/mol. The minimum absolute atomic E-state index is 0.0529. The number of hydrogen-bond acceptors (Lipinski definition) is 4. The molecule has 1 saturated carbocycles. The van der Waals surface area contributed by atoms with E-state index in [1.54, 1.807) is 25.2 Å². The van der Waals surface area contributed by atoms with Gasteiger partial charge in [0.05, 0.1) is 16.6 Å². The van der Waals surface area contributed by atoms with Crippen LogP contribution < -0.4 is 0 Å². The molecule has 1 aliphatic rings. The van der Waals surface area contributed by atoms with E-state index >= 15 is 0 Å². The molecule has 0 aromatic heterocycles. The van der Waals surface area contributed by atoms with E-state index in [2.05, 4.69) is 6.07 Å². The first-order valence-corrected chi connectivity index (χ1v) is 6.61. The summed E-state index contributed by atoms with van der Waals surface area (Å²) in [6.45, 7) is 0. The van der Waals surface area contributed by atoms with Crippen LogP contribution in [0, 0.1) is 21.4 Å². The van der Waals surface area contributed by atoms with Crippen molar-refractivity contribution >= 4 is 17.7 Å². The molecule has 1 aromatic carbocycles. The van der Waals surface area contributed by atoms with Gasteiger partial charge in [0.1, 0.15) is 5.54 Å². The van der Waals surface area contributed by atoms with Crippen LogP contribution in [0.15, 0.2) is 30.3 Å². The molecule has 1 aromatic rings. The minimum Gasteiger partial charge on any atom is -0.323 e. The molecular weight excluding hydrogens is 270 g/mol. The summed E-state index contributed by atoms with van der Waals surface area (Å²) in [6, 6.07) is 8.39. The fourth-order valence-corrected chi connectivity index (χ4v) is 2.31. The van der Waals surface area contributed by atoms with Crippen LogP contribution in [0.3, 0.4) is 0 Å². The third-order valence-electron chi connectivity index (χ3n) is 3.90. The van der Waals surface area contributed by atoms with Crippen molar-refractivity contribution in [3.63, 3.8) is 0 Å². The van der Waals surface area contributed by atoms with Crippen molar-refractivity contribution in [2.45, 2.75) is 24.8 Å². The van der Waals surface area contributed by atoms with E-state index in [1.807, 2.05) is 0 Å². The third kappa shape index (κ3) is 2.77. The molecule has 0 N–H and O–H groups in total. The second-order valence-electron chi connectivity index (χ2n) is 5.04. The number of nitro groups is 1. The number of nitriles is 1. The lowest BCUT2D eigenvalue weighted by Crippen LogP contribution is -2.52. The van der Waals surface area contributed by atoms with Crippen molar-refractivity contribution in [2.75, 3.05) is 7.05 Å². The molecule has 6 nitrogen and oxygen atoms in total. The molecule has 6 heteroatoms. The van der Waals surface area contributed by atoms with Gasteiger partial charge in [-0.25, -0.2) is 0 Å². The zero-order valence-electron chi connectivity index (χ0n) is 11.7. The van der Waals surface area contributed by atoms with Crippen LogP contribution in [-0.2, 0) is 4.79 Å². The molecule has 0 heterocycles. The number of hydrogen-bond donors (Lipinski definition) is 0. The van der Waals surface area contributed by atoms with Gasteiger partial charge in [-0.1, -0.05) is 12.1 Å². The molecule has 21 heavy (non-hydrogen) atoms. The summed E-state index contributed by atoms with van der Waals surface area (Å²) in [6.07, 6.45) is 4.97. The van der Waals surface area contributed by atoms with E-state index in [4.69, 9.17) is 0 Å². The van der Waals surface area contributed by atoms with Gasteiger partial charge >= 0.3 is 0 Å². The summed E-state index contributed by atoms with van der Waals surface area (Å²) < 4.78 is 0. The van der Waals surface area contributed by atoms with E-state index in [0.29, 0.717) is 18.4 Å². The summed E-state index contributed by atoms with van der Waals surface area (Å²) in [5, 5.41) is 20.1. The van der Waals surface area contributed by atoms with Crippen LogP contribution in [0.2, 0.25) is 0 Å². The van der Waals surface area contributed by atoms with Gasteiger partial charge in [0.2, 0.25) is 5.91 Å². The van der Waals surface area contributed by atoms with Crippen LogP contribution in [0.5, 0.6) is 0 Å². The Hall–Kier alpha value is -2.68. The lowest BCUT2D eigenvalue weighted by atomic mass is 9.76. The molecular formula is C15H15N3O3. The molecule has 0 radical (unpaired) electrons. The van der Waals surface area contributed by atoms with Crippen molar-refractivity contribution in [3.8, 4) is 6.07 Å². The number of nitro benzene ring substituents is 1. The zero-order chi connectivity index (χ0) is 15.5. The lowest BCUT2D eigenvalue weighted by molar-refractivity contribution is -0.385. The standard InChI is InChI=1S/C15H15N3O3/c1-17(15(11-16)9-4-10-15)14(19)8-7-12-5-2-3-6-13(12)18(20)21/h2-3,5-8H,4,9-10H2,1H3. The first-order chi connectivity index (χ1) is 10.00. The third-order valence-corrected chi connectivity index (χ3v) is 3.90. The first-order valence-electron chi connectivity index (χ1n) is 6.61. The summed E-state index contributed by atoms with van der Waals surface area (Å²) in [5.41, 5.74) is -0.406. The Morgan fingerprint density at radius 2 is 2.14 bits per heavy atom. The van der Waals surface area contributed by atoms with Crippen LogP contribution in [0.4, 0.5) is 5.69 Å². The number of para-hydroxylation sites is 1. The van der Waals surface area contributed by atoms with Gasteiger partial charge in [0.15, 0.2) is 0 Å². The maximum Gasteiger partial charge on any atom is 0.276 e. The Morgan fingerprint density at radius 1 is 1.48 bits per heavy atom. The number of rotatable bonds is 4. The lowest BCUT2D eigenvalue weighted by Gasteiger charge is -2.42. The van der Waals surface area contributed by atoms with E-state index in [1.165, 1.54) is 23.1 Å². The number of nitrogens with zero attached hydrogens (tertiary/aromatic N) is 3. The van der Waals surface area contributed by atoms with Gasteiger partial charge in [0.25, 0.3) is 5.69 Å². The quantitative estimate of drug-likeness (QED) is 0.483. The number of likely N-dealkylation sites (N-methyl/N-ethyl adjacent to an activating group) is 1. The van der Waals surface area contributed by atoms with Crippen LogP contribution in [0.1, 0.15) is 24.8 Å². The fraction of sp³-hybridized carbons (Fsp3) is 0.333. The van der Waals surface area contributed by atoms with Gasteiger partial charge < -0.3 is 4.90 Å². The van der Waals surface area contributed by atoms with E-state index in [-0.39, 0.29) is 11.6 Å². The fourth-order valence-electron chi connectivity index (χ4n) is 2.31. The maximum absolute atomic E-state index is 12.1. The molecule has 0 bridgehead atoms. The van der Waals surface area contributed by atoms with Crippen molar-refractivity contribution in [2.24, 2.45) is 0 Å². The Bertz CT molecular complexity index is 642. The van der Waals surface area contributed by atoms with E-state index in [0.717, 1.165) is 6.42 Å². The summed E-state index contributed by atoms with van der Waals surface area (Å²) in [4.78, 5) is 23.9. The molecule has 1 amide bonds. The molecule has 2 rings (SSSR count). The van der Waals surface area contributed by atoms with Crippen molar-refractivity contribution in [1.29, 1.82) is 5.26 Å². The summed E-state index contributed by atoms with van der Waals surface area (Å²) >= 11 is 0. The molecule has 0 unspecified atom stereocenters. The summed E-state index contributed by atoms with van der Waals surface area (Å²) in [5.74, 6) is -0.325. The number of carbonyl (C=O) groups is 1. The molecule has 0 atom stereocenters. The monoisotopic (exact) mass is 285 g/mol. The largest absolute Gasteiger partial charge is 0.323 e. The smallest absolute Gasteiger partial charge is 0.276 e. The highest BCUT2D eigenvalue weighted by Crippen LogP contribution is 2.36. The first kappa shape index (κ1) is 14.7. The Morgan fingerprint density at radius 3 is 2.67 bits per heavy atom. The predicted octanol–water partition coefficient (Wildman–Crippen LogP) is 2.51. The molecule has 1 aliphatic carbocycles. The Labute approximate surface area is 122 Å². The van der Waals surface area contributed by atoms with Gasteiger partial charge in [-0.15, -0.1) is 0 Å². The Kier molecular flexibility index (Phi) is 4.03. The van der Waals surface area contributed by atoms with Gasteiger partial charge in [-0.05, 0) is 31.4 Å². The average Bonchev–Trinajstić information content (AvgIpc) is 2.44. The molecule has 1 fully saturated rings. The highest BCUT2D eigenvalue weighted by molar-refractivity contribution is 5.93. The number of amides is 1. The molecule has 0 aliphatic heterocycles. The van der Waals surface area contributed by atoms with Gasteiger partial charge in [-0.2, -0.15) is 5.26 Å². The van der Waals surface area contributed by atoms with Crippen molar-refractivity contribution in [3.05, 3.63) is 46.0 Å². The van der Waals surface area contributed by atoms with Crippen molar-refractivity contribution in [1.82, 2.24) is 4.90 Å². The second-order valence-corrected chi connectivity index (χ2v) is 5.04. The second kappa shape index (κ2) is 5.75.